The molecule has 4 heteroatoms. The van der Waals surface area contributed by atoms with Crippen LogP contribution in [0.4, 0.5) is 0 Å². The summed E-state index contributed by atoms with van der Waals surface area (Å²) in [4.78, 5) is 10.3. The summed E-state index contributed by atoms with van der Waals surface area (Å²) >= 11 is 0. The zero-order valence-electron chi connectivity index (χ0n) is 5.95. The average molecular weight is 141 g/mol. The van der Waals surface area contributed by atoms with E-state index in [9.17, 15) is 4.79 Å². The molecule has 0 saturated carbocycles. The molecule has 0 aromatic heterocycles. The summed E-state index contributed by atoms with van der Waals surface area (Å²) in [7, 11) is 0. The highest BCUT2D eigenvalue weighted by Crippen LogP contribution is 1.86. The fraction of sp³-hybridized carbons (Fsp3) is 0.333. The molecule has 0 unspecified atom stereocenters. The summed E-state index contributed by atoms with van der Waals surface area (Å²) in [6.07, 6.45) is 3.00. The Morgan fingerprint density at radius 1 is 1.90 bits per heavy atom. The minimum atomic E-state index is -0.425. The van der Waals surface area contributed by atoms with Crippen LogP contribution >= 0.6 is 0 Å². The molecule has 0 saturated heterocycles. The second-order valence-corrected chi connectivity index (χ2v) is 1.62. The maximum Gasteiger partial charge on any atom is 0.239 e. The summed E-state index contributed by atoms with van der Waals surface area (Å²) in [6, 6.07) is 0. The fourth-order valence-electron chi connectivity index (χ4n) is 0.460. The molecule has 4 nitrogen and oxygen atoms in total. The predicted octanol–water partition coefficient (Wildman–Crippen LogP) is -0.0771. The van der Waals surface area contributed by atoms with Crippen LogP contribution in [0.1, 0.15) is 6.92 Å². The van der Waals surface area contributed by atoms with Crippen molar-refractivity contribution in [2.24, 2.45) is 10.8 Å². The van der Waals surface area contributed by atoms with Crippen LogP contribution in [0.5, 0.6) is 0 Å². The summed E-state index contributed by atoms with van der Waals surface area (Å²) in [6.45, 7) is 5.26. The largest absolute Gasteiger partial charge is 0.368 e. The first-order chi connectivity index (χ1) is 4.70. The Balaban J connectivity index is 3.83. The lowest BCUT2D eigenvalue weighted by molar-refractivity contribution is -0.118. The number of amides is 1. The third kappa shape index (κ3) is 3.65. The molecule has 0 atom stereocenters. The van der Waals surface area contributed by atoms with Gasteiger partial charge in [-0.05, 0) is 6.92 Å². The van der Waals surface area contributed by atoms with Crippen LogP contribution in [0.25, 0.3) is 0 Å². The molecule has 56 valence electrons. The van der Waals surface area contributed by atoms with Crippen molar-refractivity contribution >= 4 is 12.1 Å². The van der Waals surface area contributed by atoms with Gasteiger partial charge in [0.25, 0.3) is 0 Å². The maximum absolute atomic E-state index is 10.3. The number of primary amides is 1. The average Bonchev–Trinajstić information content (AvgIpc) is 1.86. The van der Waals surface area contributed by atoms with Gasteiger partial charge >= 0.3 is 0 Å². The van der Waals surface area contributed by atoms with E-state index in [1.807, 2.05) is 0 Å². The van der Waals surface area contributed by atoms with Gasteiger partial charge in [-0.25, -0.2) is 0 Å². The van der Waals surface area contributed by atoms with E-state index in [4.69, 9.17) is 5.73 Å². The molecular formula is C6H11N3O. The van der Waals surface area contributed by atoms with Crippen LogP contribution in [0.3, 0.4) is 0 Å². The Morgan fingerprint density at radius 2 is 2.50 bits per heavy atom. The molecule has 0 aliphatic heterocycles. The molecule has 0 aliphatic carbocycles. The summed E-state index contributed by atoms with van der Waals surface area (Å²) in [5, 5.41) is 5.14. The van der Waals surface area contributed by atoms with Crippen LogP contribution < -0.4 is 5.73 Å². The van der Waals surface area contributed by atoms with Crippen LogP contribution in [0, 0.1) is 0 Å². The normalized spacial score (nSPS) is 9.70. The number of hydrazone groups is 1. The van der Waals surface area contributed by atoms with E-state index in [0.29, 0.717) is 0 Å². The molecule has 0 aromatic rings. The molecule has 1 amide bonds. The highest BCUT2D eigenvalue weighted by molar-refractivity contribution is 5.76. The van der Waals surface area contributed by atoms with Gasteiger partial charge in [0.15, 0.2) is 0 Å². The number of carbonyl (C=O) groups is 1. The van der Waals surface area contributed by atoms with Gasteiger partial charge in [-0.15, -0.1) is 0 Å². The lowest BCUT2D eigenvalue weighted by Crippen LogP contribution is -2.26. The van der Waals surface area contributed by atoms with Gasteiger partial charge in [0.2, 0.25) is 5.91 Å². The topological polar surface area (TPSA) is 58.7 Å². The van der Waals surface area contributed by atoms with Crippen molar-refractivity contribution in [2.45, 2.75) is 6.92 Å². The predicted molar refractivity (Wildman–Crippen MR) is 40.3 cm³/mol. The number of rotatable bonds is 4. The van der Waals surface area contributed by atoms with E-state index in [1.165, 1.54) is 11.2 Å². The zero-order chi connectivity index (χ0) is 7.98. The number of hydrogen-bond donors (Lipinski definition) is 1. The molecule has 10 heavy (non-hydrogen) atoms. The molecule has 0 spiro atoms. The first-order valence-electron chi connectivity index (χ1n) is 2.86. The summed E-state index contributed by atoms with van der Waals surface area (Å²) in [5.74, 6) is -0.425. The van der Waals surface area contributed by atoms with E-state index >= 15 is 0 Å². The maximum atomic E-state index is 10.3. The van der Waals surface area contributed by atoms with Gasteiger partial charge in [0.05, 0.1) is 0 Å². The molecule has 0 radical (unpaired) electrons. The third-order valence-corrected chi connectivity index (χ3v) is 0.792. The second kappa shape index (κ2) is 4.55. The van der Waals surface area contributed by atoms with Crippen LogP contribution in [-0.4, -0.2) is 23.7 Å². The Kier molecular flexibility index (Phi) is 3.95. The van der Waals surface area contributed by atoms with E-state index < -0.39 is 5.91 Å². The molecule has 0 heterocycles. The Labute approximate surface area is 60.0 Å². The van der Waals surface area contributed by atoms with Crippen molar-refractivity contribution in [1.29, 1.82) is 0 Å². The van der Waals surface area contributed by atoms with E-state index in [2.05, 4.69) is 11.7 Å². The monoisotopic (exact) mass is 141 g/mol. The lowest BCUT2D eigenvalue weighted by atomic mass is 10.6. The van der Waals surface area contributed by atoms with E-state index in [-0.39, 0.29) is 6.54 Å². The molecule has 2 N–H and O–H groups in total. The van der Waals surface area contributed by atoms with Crippen molar-refractivity contribution < 1.29 is 4.79 Å². The number of nitrogens with zero attached hydrogens (tertiary/aromatic N) is 2. The van der Waals surface area contributed by atoms with Crippen molar-refractivity contribution in [1.82, 2.24) is 5.01 Å². The van der Waals surface area contributed by atoms with Gasteiger partial charge in [-0.1, -0.05) is 6.58 Å². The van der Waals surface area contributed by atoms with Crippen LogP contribution in [0.2, 0.25) is 0 Å². The SMILES string of the molecule is C=CN(CC(N)=O)/N=C\C. The standard InChI is InChI=1S/C6H11N3O/c1-3-8-9(4-2)5-6(7)10/h3-4H,2,5H2,1H3,(H2,7,10)/b8-3-. The Morgan fingerprint density at radius 3 is 2.80 bits per heavy atom. The zero-order valence-corrected chi connectivity index (χ0v) is 5.95. The highest BCUT2D eigenvalue weighted by Gasteiger charge is 1.97. The first-order valence-corrected chi connectivity index (χ1v) is 2.86. The van der Waals surface area contributed by atoms with E-state index in [1.54, 1.807) is 13.1 Å². The quantitative estimate of drug-likeness (QED) is 0.440. The van der Waals surface area contributed by atoms with Gasteiger partial charge in [-0.2, -0.15) is 5.10 Å². The van der Waals surface area contributed by atoms with Gasteiger partial charge in [-0.3, -0.25) is 9.80 Å². The minimum absolute atomic E-state index is 0.0772. The number of carbonyl (C=O) groups excluding carboxylic acids is 1. The van der Waals surface area contributed by atoms with Gasteiger partial charge in [0.1, 0.15) is 6.54 Å². The number of nitrogens with two attached hydrogens (primary N) is 1. The molecule has 0 fully saturated rings. The summed E-state index contributed by atoms with van der Waals surface area (Å²) in [5.41, 5.74) is 4.90. The van der Waals surface area contributed by atoms with Crippen LogP contribution in [-0.2, 0) is 4.79 Å². The first kappa shape index (κ1) is 8.68. The molecule has 0 bridgehead atoms. The molecule has 0 aliphatic rings. The minimum Gasteiger partial charge on any atom is -0.368 e. The lowest BCUT2D eigenvalue weighted by Gasteiger charge is -2.09. The molecular weight excluding hydrogens is 130 g/mol. The summed E-state index contributed by atoms with van der Waals surface area (Å²) < 4.78 is 0. The van der Waals surface area contributed by atoms with Crippen molar-refractivity contribution in [3.05, 3.63) is 12.8 Å². The molecule has 0 aromatic carbocycles. The van der Waals surface area contributed by atoms with Crippen molar-refractivity contribution in [3.63, 3.8) is 0 Å². The Hall–Kier alpha value is -1.32. The second-order valence-electron chi connectivity index (χ2n) is 1.62. The van der Waals surface area contributed by atoms with Crippen LogP contribution in [0.15, 0.2) is 17.9 Å². The van der Waals surface area contributed by atoms with Crippen molar-refractivity contribution in [3.8, 4) is 0 Å². The molecule has 0 rings (SSSR count). The smallest absolute Gasteiger partial charge is 0.239 e. The Bertz CT molecular complexity index is 153. The van der Waals surface area contributed by atoms with Gasteiger partial charge in [0, 0.05) is 12.4 Å². The van der Waals surface area contributed by atoms with Crippen molar-refractivity contribution in [2.75, 3.05) is 6.54 Å². The van der Waals surface area contributed by atoms with Gasteiger partial charge < -0.3 is 5.73 Å². The fourth-order valence-corrected chi connectivity index (χ4v) is 0.460. The van der Waals surface area contributed by atoms with E-state index in [0.717, 1.165) is 0 Å². The third-order valence-electron chi connectivity index (χ3n) is 0.792. The highest BCUT2D eigenvalue weighted by atomic mass is 16.1. The number of hydrogen-bond acceptors (Lipinski definition) is 3.